The van der Waals surface area contributed by atoms with Crippen LogP contribution < -0.4 is 9.47 Å². The van der Waals surface area contributed by atoms with Crippen molar-refractivity contribution in [1.82, 2.24) is 9.97 Å². The van der Waals surface area contributed by atoms with Gasteiger partial charge in [-0.3, -0.25) is 4.79 Å². The minimum absolute atomic E-state index is 0.153. The van der Waals surface area contributed by atoms with E-state index in [1.807, 2.05) is 0 Å². The van der Waals surface area contributed by atoms with E-state index in [-0.39, 0.29) is 24.5 Å². The number of halogens is 2. The van der Waals surface area contributed by atoms with Crippen molar-refractivity contribution in [2.75, 3.05) is 13.7 Å². The summed E-state index contributed by atoms with van der Waals surface area (Å²) in [5.74, 6) is -0.844. The SMILES string of the molecule is CCO[C@@H](CC(=O)O)c1ccc(OCc2ccc(Cl)c(-c3cc(OC)ncc3F)c2)nc1. The molecule has 0 spiro atoms. The molecule has 0 unspecified atom stereocenters. The summed E-state index contributed by atoms with van der Waals surface area (Å²) in [6, 6.07) is 10.0. The molecule has 1 aromatic carbocycles. The Morgan fingerprint density at radius 1 is 1.12 bits per heavy atom. The average Bonchev–Trinajstić information content (AvgIpc) is 2.79. The van der Waals surface area contributed by atoms with Gasteiger partial charge in [0.15, 0.2) is 0 Å². The highest BCUT2D eigenvalue weighted by atomic mass is 35.5. The number of carboxylic acid groups (broad SMARTS) is 1. The summed E-state index contributed by atoms with van der Waals surface area (Å²) in [6.07, 6.45) is 1.88. The number of rotatable bonds is 10. The van der Waals surface area contributed by atoms with E-state index in [1.165, 1.54) is 19.4 Å². The van der Waals surface area contributed by atoms with Gasteiger partial charge >= 0.3 is 5.97 Å². The van der Waals surface area contributed by atoms with Crippen LogP contribution in [0.5, 0.6) is 11.8 Å². The average molecular weight is 461 g/mol. The lowest BCUT2D eigenvalue weighted by Gasteiger charge is -2.15. The largest absolute Gasteiger partial charge is 0.481 e. The van der Waals surface area contributed by atoms with Crippen LogP contribution in [0.4, 0.5) is 4.39 Å². The van der Waals surface area contributed by atoms with Crippen molar-refractivity contribution in [3.05, 3.63) is 70.8 Å². The van der Waals surface area contributed by atoms with Crippen molar-refractivity contribution >= 4 is 17.6 Å². The van der Waals surface area contributed by atoms with Crippen LogP contribution in [0.1, 0.15) is 30.6 Å². The molecule has 0 bridgehead atoms. The molecule has 1 N–H and O–H groups in total. The summed E-state index contributed by atoms with van der Waals surface area (Å²) in [5, 5.41) is 9.42. The van der Waals surface area contributed by atoms with Gasteiger partial charge in [-0.1, -0.05) is 17.7 Å². The third-order valence-corrected chi connectivity index (χ3v) is 4.94. The number of aromatic nitrogens is 2. The van der Waals surface area contributed by atoms with Crippen LogP contribution in [0.2, 0.25) is 5.02 Å². The van der Waals surface area contributed by atoms with E-state index in [0.717, 1.165) is 11.8 Å². The van der Waals surface area contributed by atoms with Crippen LogP contribution in [-0.2, 0) is 16.1 Å². The van der Waals surface area contributed by atoms with Crippen LogP contribution in [0.15, 0.2) is 48.8 Å². The number of carboxylic acids is 1. The third-order valence-electron chi connectivity index (χ3n) is 4.61. The highest BCUT2D eigenvalue weighted by Gasteiger charge is 2.17. The Morgan fingerprint density at radius 3 is 2.56 bits per heavy atom. The molecule has 0 radical (unpaired) electrons. The van der Waals surface area contributed by atoms with Crippen LogP contribution in [0.3, 0.4) is 0 Å². The number of benzene rings is 1. The van der Waals surface area contributed by atoms with Crippen LogP contribution in [-0.4, -0.2) is 34.8 Å². The molecular weight excluding hydrogens is 439 g/mol. The maximum atomic E-state index is 14.3. The van der Waals surface area contributed by atoms with E-state index in [4.69, 9.17) is 30.9 Å². The summed E-state index contributed by atoms with van der Waals surface area (Å²) in [5.41, 5.74) is 2.16. The number of carbonyl (C=O) groups is 1. The molecule has 2 heterocycles. The van der Waals surface area contributed by atoms with E-state index in [1.54, 1.807) is 37.3 Å². The second-order valence-corrected chi connectivity index (χ2v) is 7.19. The first kappa shape index (κ1) is 23.4. The predicted octanol–water partition coefficient (Wildman–Crippen LogP) is 5.08. The molecule has 2 aromatic heterocycles. The summed E-state index contributed by atoms with van der Waals surface area (Å²) >= 11 is 6.29. The summed E-state index contributed by atoms with van der Waals surface area (Å²) in [7, 11) is 1.45. The number of ether oxygens (including phenoxy) is 3. The number of hydrogen-bond donors (Lipinski definition) is 1. The first-order valence-corrected chi connectivity index (χ1v) is 10.2. The number of nitrogens with zero attached hydrogens (tertiary/aromatic N) is 2. The van der Waals surface area contributed by atoms with Crippen LogP contribution in [0, 0.1) is 5.82 Å². The lowest BCUT2D eigenvalue weighted by atomic mass is 10.0. The lowest BCUT2D eigenvalue weighted by molar-refractivity contribution is -0.140. The summed E-state index contributed by atoms with van der Waals surface area (Å²) < 4.78 is 30.6. The van der Waals surface area contributed by atoms with Gasteiger partial charge in [0.1, 0.15) is 12.4 Å². The number of pyridine rings is 2. The smallest absolute Gasteiger partial charge is 0.306 e. The fourth-order valence-electron chi connectivity index (χ4n) is 3.06. The molecule has 9 heteroatoms. The highest BCUT2D eigenvalue weighted by Crippen LogP contribution is 2.32. The molecule has 3 rings (SSSR count). The molecule has 0 fully saturated rings. The Bertz CT molecular complexity index is 1080. The van der Waals surface area contributed by atoms with Crippen molar-refractivity contribution in [2.24, 2.45) is 0 Å². The maximum absolute atomic E-state index is 14.3. The molecule has 0 aliphatic rings. The molecule has 168 valence electrons. The zero-order valence-electron chi connectivity index (χ0n) is 17.5. The van der Waals surface area contributed by atoms with Gasteiger partial charge in [0.05, 0.1) is 25.8 Å². The topological polar surface area (TPSA) is 90.8 Å². The lowest BCUT2D eigenvalue weighted by Crippen LogP contribution is -2.10. The van der Waals surface area contributed by atoms with Crippen LogP contribution >= 0.6 is 11.6 Å². The van der Waals surface area contributed by atoms with E-state index in [0.29, 0.717) is 28.6 Å². The van der Waals surface area contributed by atoms with E-state index in [2.05, 4.69) is 9.97 Å². The second-order valence-electron chi connectivity index (χ2n) is 6.78. The molecule has 0 saturated heterocycles. The number of aliphatic carboxylic acids is 1. The minimum atomic E-state index is -0.953. The fraction of sp³-hybridized carbons (Fsp3) is 0.261. The van der Waals surface area contributed by atoms with Gasteiger partial charge in [-0.25, -0.2) is 14.4 Å². The predicted molar refractivity (Wildman–Crippen MR) is 116 cm³/mol. The molecule has 0 amide bonds. The third kappa shape index (κ3) is 5.93. The number of methoxy groups -OCH3 is 1. The Kier molecular flexibility index (Phi) is 7.97. The maximum Gasteiger partial charge on any atom is 0.306 e. The van der Waals surface area contributed by atoms with E-state index < -0.39 is 17.9 Å². The van der Waals surface area contributed by atoms with Gasteiger partial charge in [-0.05, 0) is 36.2 Å². The van der Waals surface area contributed by atoms with Crippen molar-refractivity contribution in [2.45, 2.75) is 26.1 Å². The molecule has 1 atom stereocenters. The Labute approximate surface area is 189 Å². The van der Waals surface area contributed by atoms with Gasteiger partial charge < -0.3 is 19.3 Å². The zero-order valence-corrected chi connectivity index (χ0v) is 18.3. The van der Waals surface area contributed by atoms with Crippen LogP contribution in [0.25, 0.3) is 11.1 Å². The van der Waals surface area contributed by atoms with E-state index in [9.17, 15) is 9.18 Å². The highest BCUT2D eigenvalue weighted by molar-refractivity contribution is 6.33. The van der Waals surface area contributed by atoms with Gasteiger partial charge in [-0.15, -0.1) is 0 Å². The quantitative estimate of drug-likeness (QED) is 0.451. The molecule has 0 aliphatic carbocycles. The fourth-order valence-corrected chi connectivity index (χ4v) is 3.28. The van der Waals surface area contributed by atoms with E-state index >= 15 is 0 Å². The van der Waals surface area contributed by atoms with Crippen molar-refractivity contribution in [1.29, 1.82) is 0 Å². The van der Waals surface area contributed by atoms with Crippen molar-refractivity contribution in [3.63, 3.8) is 0 Å². The Morgan fingerprint density at radius 2 is 1.91 bits per heavy atom. The van der Waals surface area contributed by atoms with Gasteiger partial charge in [0.2, 0.25) is 11.8 Å². The van der Waals surface area contributed by atoms with Crippen molar-refractivity contribution < 1.29 is 28.5 Å². The zero-order chi connectivity index (χ0) is 23.1. The van der Waals surface area contributed by atoms with Gasteiger partial charge in [0, 0.05) is 41.1 Å². The molecule has 0 aliphatic heterocycles. The minimum Gasteiger partial charge on any atom is -0.481 e. The molecular formula is C23H22ClFN2O5. The molecule has 0 saturated carbocycles. The van der Waals surface area contributed by atoms with Crippen molar-refractivity contribution in [3.8, 4) is 22.9 Å². The molecule has 7 nitrogen and oxygen atoms in total. The Balaban J connectivity index is 1.74. The standard InChI is InChI=1S/C23H22ClFN2O5/c1-3-31-20(10-23(28)29)15-5-7-21(26-11-15)32-13-14-4-6-18(24)16(8-14)17-9-22(30-2)27-12-19(17)25/h4-9,11-12,20H,3,10,13H2,1-2H3,(H,28,29)/t20-/m0/s1. The summed E-state index contributed by atoms with van der Waals surface area (Å²) in [4.78, 5) is 19.1. The second kappa shape index (κ2) is 10.9. The monoisotopic (exact) mass is 460 g/mol. The summed E-state index contributed by atoms with van der Waals surface area (Å²) in [6.45, 7) is 2.36. The normalized spacial score (nSPS) is 11.8. The van der Waals surface area contributed by atoms with Gasteiger partial charge in [0.25, 0.3) is 0 Å². The molecule has 3 aromatic rings. The Hall–Kier alpha value is -3.23. The first-order valence-electron chi connectivity index (χ1n) is 9.81. The number of hydrogen-bond acceptors (Lipinski definition) is 6. The van der Waals surface area contributed by atoms with Gasteiger partial charge in [-0.2, -0.15) is 0 Å². The molecule has 32 heavy (non-hydrogen) atoms. The first-order chi connectivity index (χ1) is 15.4.